The average molecular weight is 212 g/mol. The highest BCUT2D eigenvalue weighted by molar-refractivity contribution is 5.73. The number of aldehydes is 1. The first-order valence-electron chi connectivity index (χ1n) is 4.44. The third-order valence-corrected chi connectivity index (χ3v) is 1.98. The number of halogens is 2. The lowest BCUT2D eigenvalue weighted by molar-refractivity contribution is -0.104. The van der Waals surface area contributed by atoms with Gasteiger partial charge in [-0.3, -0.25) is 4.79 Å². The van der Waals surface area contributed by atoms with E-state index >= 15 is 0 Å². The molecule has 1 unspecified atom stereocenters. The van der Waals surface area contributed by atoms with Gasteiger partial charge in [0.1, 0.15) is 5.76 Å². The summed E-state index contributed by atoms with van der Waals surface area (Å²) in [5, 5.41) is 0. The van der Waals surface area contributed by atoms with Crippen LogP contribution in [0.4, 0.5) is 8.78 Å². The molecule has 0 spiro atoms. The fourth-order valence-electron chi connectivity index (χ4n) is 1.32. The number of carbonyl (C=O) groups excluding carboxylic acids is 1. The standard InChI is InChI=1S/C11H10F2O2/c1-8-7-9(3-2-6-14)4-5-10(8)15-11(12)13/h4-6,8,11H,7H2,1H3. The first kappa shape index (κ1) is 11.4. The van der Waals surface area contributed by atoms with Crippen molar-refractivity contribution in [2.75, 3.05) is 0 Å². The zero-order valence-corrected chi connectivity index (χ0v) is 8.17. The normalized spacial score (nSPS) is 19.9. The van der Waals surface area contributed by atoms with Gasteiger partial charge >= 0.3 is 6.61 Å². The molecule has 0 radical (unpaired) electrons. The Balaban J connectivity index is 2.73. The van der Waals surface area contributed by atoms with Gasteiger partial charge in [-0.2, -0.15) is 8.78 Å². The highest BCUT2D eigenvalue weighted by atomic mass is 19.3. The minimum atomic E-state index is -2.80. The predicted octanol–water partition coefficient (Wildman–Crippen LogP) is 2.28. The molecule has 0 saturated heterocycles. The number of rotatable bonds is 2. The topological polar surface area (TPSA) is 26.3 Å². The van der Waals surface area contributed by atoms with Gasteiger partial charge in [0.15, 0.2) is 6.29 Å². The lowest BCUT2D eigenvalue weighted by Crippen LogP contribution is -2.10. The Hall–Kier alpha value is -1.63. The molecule has 1 aliphatic carbocycles. The maximum absolute atomic E-state index is 11.9. The summed E-state index contributed by atoms with van der Waals surface area (Å²) in [5.74, 6) is 5.02. The Kier molecular flexibility index (Phi) is 4.04. The van der Waals surface area contributed by atoms with Crippen molar-refractivity contribution in [3.8, 4) is 11.8 Å². The molecule has 80 valence electrons. The largest absolute Gasteiger partial charge is 0.439 e. The lowest BCUT2D eigenvalue weighted by atomic mass is 9.94. The van der Waals surface area contributed by atoms with Crippen molar-refractivity contribution in [2.45, 2.75) is 20.0 Å². The predicted molar refractivity (Wildman–Crippen MR) is 50.9 cm³/mol. The molecule has 0 saturated carbocycles. The fraction of sp³-hybridized carbons (Fsp3) is 0.364. The van der Waals surface area contributed by atoms with Gasteiger partial charge in [-0.1, -0.05) is 12.8 Å². The Morgan fingerprint density at radius 1 is 1.60 bits per heavy atom. The van der Waals surface area contributed by atoms with E-state index in [1.165, 1.54) is 6.08 Å². The van der Waals surface area contributed by atoms with Crippen molar-refractivity contribution in [3.05, 3.63) is 23.5 Å². The monoisotopic (exact) mass is 212 g/mol. The van der Waals surface area contributed by atoms with Crippen molar-refractivity contribution in [1.29, 1.82) is 0 Å². The van der Waals surface area contributed by atoms with E-state index < -0.39 is 6.61 Å². The number of hydrogen-bond donors (Lipinski definition) is 0. The zero-order valence-electron chi connectivity index (χ0n) is 8.17. The zero-order chi connectivity index (χ0) is 11.3. The summed E-state index contributed by atoms with van der Waals surface area (Å²) >= 11 is 0. The van der Waals surface area contributed by atoms with Crippen LogP contribution in [0, 0.1) is 17.8 Å². The van der Waals surface area contributed by atoms with Gasteiger partial charge in [0, 0.05) is 11.5 Å². The Morgan fingerprint density at radius 3 is 2.87 bits per heavy atom. The summed E-state index contributed by atoms with van der Waals surface area (Å²) < 4.78 is 28.2. The molecular formula is C11H10F2O2. The van der Waals surface area contributed by atoms with Crippen molar-refractivity contribution >= 4 is 6.29 Å². The number of allylic oxidation sites excluding steroid dienone is 4. The van der Waals surface area contributed by atoms with E-state index in [4.69, 9.17) is 0 Å². The van der Waals surface area contributed by atoms with Crippen LogP contribution in [0.1, 0.15) is 13.3 Å². The van der Waals surface area contributed by atoms with Gasteiger partial charge in [-0.15, -0.1) is 0 Å². The Bertz CT molecular complexity index is 359. The third kappa shape index (κ3) is 3.55. The van der Waals surface area contributed by atoms with E-state index in [9.17, 15) is 13.6 Å². The van der Waals surface area contributed by atoms with Crippen molar-refractivity contribution < 1.29 is 18.3 Å². The Labute approximate surface area is 86.6 Å². The number of hydrogen-bond acceptors (Lipinski definition) is 2. The molecule has 0 aromatic heterocycles. The molecular weight excluding hydrogens is 202 g/mol. The molecule has 0 aliphatic heterocycles. The molecule has 1 rings (SSSR count). The quantitative estimate of drug-likeness (QED) is 0.518. The van der Waals surface area contributed by atoms with Crippen LogP contribution in [0.25, 0.3) is 0 Å². The highest BCUT2D eigenvalue weighted by Gasteiger charge is 2.18. The molecule has 0 aromatic carbocycles. The van der Waals surface area contributed by atoms with Gasteiger partial charge in [0.05, 0.1) is 0 Å². The van der Waals surface area contributed by atoms with Crippen LogP contribution in [0.5, 0.6) is 0 Å². The van der Waals surface area contributed by atoms with E-state index in [1.807, 2.05) is 0 Å². The summed E-state index contributed by atoms with van der Waals surface area (Å²) in [5.41, 5.74) is 0.746. The van der Waals surface area contributed by atoms with Gasteiger partial charge < -0.3 is 4.74 Å². The van der Waals surface area contributed by atoms with Crippen LogP contribution in [-0.4, -0.2) is 12.9 Å². The van der Waals surface area contributed by atoms with E-state index in [0.717, 1.165) is 5.57 Å². The second-order valence-corrected chi connectivity index (χ2v) is 3.13. The first-order valence-corrected chi connectivity index (χ1v) is 4.44. The minimum Gasteiger partial charge on any atom is -0.439 e. The summed E-state index contributed by atoms with van der Waals surface area (Å²) in [6.07, 6.45) is 4.07. The highest BCUT2D eigenvalue weighted by Crippen LogP contribution is 2.26. The van der Waals surface area contributed by atoms with Crippen LogP contribution >= 0.6 is 0 Å². The summed E-state index contributed by atoms with van der Waals surface area (Å²) in [7, 11) is 0. The van der Waals surface area contributed by atoms with Crippen molar-refractivity contribution in [1.82, 2.24) is 0 Å². The fourth-order valence-corrected chi connectivity index (χ4v) is 1.32. The van der Waals surface area contributed by atoms with Gasteiger partial charge in [-0.25, -0.2) is 0 Å². The van der Waals surface area contributed by atoms with Crippen molar-refractivity contribution in [2.24, 2.45) is 5.92 Å². The van der Waals surface area contributed by atoms with Crippen LogP contribution in [0.3, 0.4) is 0 Å². The molecule has 0 heterocycles. The van der Waals surface area contributed by atoms with E-state index in [2.05, 4.69) is 16.6 Å². The molecule has 1 atom stereocenters. The van der Waals surface area contributed by atoms with Gasteiger partial charge in [-0.05, 0) is 24.5 Å². The molecule has 15 heavy (non-hydrogen) atoms. The molecule has 0 aromatic rings. The first-order chi connectivity index (χ1) is 7.13. The van der Waals surface area contributed by atoms with Crippen molar-refractivity contribution in [3.63, 3.8) is 0 Å². The molecule has 0 fully saturated rings. The third-order valence-electron chi connectivity index (χ3n) is 1.98. The summed E-state index contributed by atoms with van der Waals surface area (Å²) in [4.78, 5) is 10.00. The average Bonchev–Trinajstić information content (AvgIpc) is 2.18. The number of carbonyl (C=O) groups is 1. The molecule has 2 nitrogen and oxygen atoms in total. The smallest absolute Gasteiger partial charge is 0.387 e. The summed E-state index contributed by atoms with van der Waals surface area (Å²) in [6, 6.07) is 0. The maximum Gasteiger partial charge on any atom is 0.387 e. The lowest BCUT2D eigenvalue weighted by Gasteiger charge is -2.19. The molecule has 0 amide bonds. The second-order valence-electron chi connectivity index (χ2n) is 3.13. The van der Waals surface area contributed by atoms with E-state index in [-0.39, 0.29) is 11.7 Å². The van der Waals surface area contributed by atoms with Crippen LogP contribution in [0.2, 0.25) is 0 Å². The molecule has 1 aliphatic rings. The number of ether oxygens (including phenoxy) is 1. The number of alkyl halides is 2. The molecule has 0 bridgehead atoms. The van der Waals surface area contributed by atoms with Crippen LogP contribution < -0.4 is 0 Å². The van der Waals surface area contributed by atoms with E-state index in [0.29, 0.717) is 12.7 Å². The van der Waals surface area contributed by atoms with Crippen LogP contribution in [-0.2, 0) is 9.53 Å². The Morgan fingerprint density at radius 2 is 2.33 bits per heavy atom. The second kappa shape index (κ2) is 5.30. The van der Waals surface area contributed by atoms with Gasteiger partial charge in [0.2, 0.25) is 0 Å². The summed E-state index contributed by atoms with van der Waals surface area (Å²) in [6.45, 7) is -1.03. The molecule has 4 heteroatoms. The van der Waals surface area contributed by atoms with E-state index in [1.54, 1.807) is 13.0 Å². The SMILES string of the molecule is CC1CC(C#CC=O)=CC=C1OC(F)F. The van der Waals surface area contributed by atoms with Gasteiger partial charge in [0.25, 0.3) is 0 Å². The minimum absolute atomic E-state index is 0.139. The molecule has 0 N–H and O–H groups in total. The van der Waals surface area contributed by atoms with Crippen LogP contribution in [0.15, 0.2) is 23.5 Å². The maximum atomic E-state index is 11.9.